The summed E-state index contributed by atoms with van der Waals surface area (Å²) >= 11 is 6.06. The van der Waals surface area contributed by atoms with E-state index < -0.39 is 0 Å². The van der Waals surface area contributed by atoms with Gasteiger partial charge in [0.2, 0.25) is 0 Å². The van der Waals surface area contributed by atoms with Crippen molar-refractivity contribution in [2.75, 3.05) is 13.1 Å². The normalized spacial score (nSPS) is 14.1. The summed E-state index contributed by atoms with van der Waals surface area (Å²) in [4.78, 5) is 0. The second-order valence-corrected chi connectivity index (χ2v) is 4.81. The molecule has 5 nitrogen and oxygen atoms in total. The van der Waals surface area contributed by atoms with Crippen LogP contribution in [0.2, 0.25) is 5.02 Å². The predicted molar refractivity (Wildman–Crippen MR) is 79.6 cm³/mol. The highest BCUT2D eigenvalue weighted by atomic mass is 35.5. The zero-order valence-corrected chi connectivity index (χ0v) is 12.5. The Morgan fingerprint density at radius 1 is 1.25 bits per heavy atom. The van der Waals surface area contributed by atoms with E-state index >= 15 is 0 Å². The van der Waals surface area contributed by atoms with E-state index in [-0.39, 0.29) is 12.4 Å². The molecule has 0 amide bonds. The number of fused-ring (bicyclic) bond motifs is 1. The predicted octanol–water partition coefficient (Wildman–Crippen LogP) is 2.08. The van der Waals surface area contributed by atoms with Crippen molar-refractivity contribution in [3.63, 3.8) is 0 Å². The molecule has 2 heterocycles. The molecule has 1 aromatic heterocycles. The van der Waals surface area contributed by atoms with Gasteiger partial charge >= 0.3 is 0 Å². The van der Waals surface area contributed by atoms with E-state index in [2.05, 4.69) is 20.1 Å². The Kier molecular flexibility index (Phi) is 5.23. The van der Waals surface area contributed by atoms with Gasteiger partial charge in [0.1, 0.15) is 18.2 Å². The molecule has 2 aromatic rings. The van der Waals surface area contributed by atoms with Crippen molar-refractivity contribution in [2.45, 2.75) is 19.6 Å². The first-order valence-corrected chi connectivity index (χ1v) is 6.71. The van der Waals surface area contributed by atoms with E-state index in [0.29, 0.717) is 17.4 Å². The Balaban J connectivity index is 0.00000147. The Bertz CT molecular complexity index is 573. The first-order chi connectivity index (χ1) is 9.34. The molecule has 0 aliphatic carbocycles. The fourth-order valence-electron chi connectivity index (χ4n) is 2.14. The summed E-state index contributed by atoms with van der Waals surface area (Å²) in [6.45, 7) is 3.15. The van der Waals surface area contributed by atoms with Crippen LogP contribution in [-0.4, -0.2) is 27.9 Å². The molecule has 108 valence electrons. The molecule has 0 spiro atoms. The fraction of sp³-hybridized carbons (Fsp3) is 0.385. The maximum atomic E-state index is 6.06. The van der Waals surface area contributed by atoms with Gasteiger partial charge in [0.05, 0.1) is 5.02 Å². The van der Waals surface area contributed by atoms with Gasteiger partial charge in [-0.15, -0.1) is 22.6 Å². The van der Waals surface area contributed by atoms with E-state index in [1.165, 1.54) is 0 Å². The molecule has 0 atom stereocenters. The average molecular weight is 315 g/mol. The van der Waals surface area contributed by atoms with E-state index in [1.54, 1.807) is 0 Å². The Labute approximate surface area is 128 Å². The topological polar surface area (TPSA) is 52.0 Å². The van der Waals surface area contributed by atoms with E-state index in [1.807, 2.05) is 24.3 Å². The second kappa shape index (κ2) is 6.92. The second-order valence-electron chi connectivity index (χ2n) is 4.40. The minimum Gasteiger partial charge on any atom is -0.484 e. The Morgan fingerprint density at radius 2 is 2.10 bits per heavy atom. The fourth-order valence-corrected chi connectivity index (χ4v) is 2.33. The SMILES string of the molecule is Cl.Clc1ccccc1OCc1nnc2n1CCNCC2. The van der Waals surface area contributed by atoms with Gasteiger partial charge in [-0.05, 0) is 12.1 Å². The quantitative estimate of drug-likeness (QED) is 0.942. The molecule has 20 heavy (non-hydrogen) atoms. The molecule has 0 saturated heterocycles. The van der Waals surface area contributed by atoms with Gasteiger partial charge in [-0.2, -0.15) is 0 Å². The summed E-state index contributed by atoms with van der Waals surface area (Å²) in [7, 11) is 0. The van der Waals surface area contributed by atoms with Crippen LogP contribution in [0, 0.1) is 0 Å². The smallest absolute Gasteiger partial charge is 0.171 e. The number of nitrogens with zero attached hydrogens (tertiary/aromatic N) is 3. The molecule has 1 aromatic carbocycles. The van der Waals surface area contributed by atoms with Crippen LogP contribution in [-0.2, 0) is 19.6 Å². The summed E-state index contributed by atoms with van der Waals surface area (Å²) < 4.78 is 7.83. The number of ether oxygens (including phenoxy) is 1. The molecule has 0 bridgehead atoms. The highest BCUT2D eigenvalue weighted by Gasteiger charge is 2.14. The van der Waals surface area contributed by atoms with Crippen molar-refractivity contribution in [2.24, 2.45) is 0 Å². The third-order valence-electron chi connectivity index (χ3n) is 3.13. The summed E-state index contributed by atoms with van der Waals surface area (Å²) in [6.07, 6.45) is 0.902. The maximum absolute atomic E-state index is 6.06. The largest absolute Gasteiger partial charge is 0.484 e. The molecule has 0 unspecified atom stereocenters. The Morgan fingerprint density at radius 3 is 2.95 bits per heavy atom. The highest BCUT2D eigenvalue weighted by Crippen LogP contribution is 2.24. The lowest BCUT2D eigenvalue weighted by Crippen LogP contribution is -2.18. The molecular formula is C13H16Cl2N4O. The number of benzene rings is 1. The van der Waals surface area contributed by atoms with Gasteiger partial charge in [0.15, 0.2) is 5.82 Å². The first-order valence-electron chi connectivity index (χ1n) is 6.33. The molecule has 1 aliphatic heterocycles. The third-order valence-corrected chi connectivity index (χ3v) is 3.45. The van der Waals surface area contributed by atoms with Gasteiger partial charge in [-0.1, -0.05) is 23.7 Å². The number of rotatable bonds is 3. The van der Waals surface area contributed by atoms with Crippen molar-refractivity contribution >= 4 is 24.0 Å². The van der Waals surface area contributed by atoms with Gasteiger partial charge < -0.3 is 14.6 Å². The summed E-state index contributed by atoms with van der Waals surface area (Å²) in [5, 5.41) is 12.4. The maximum Gasteiger partial charge on any atom is 0.171 e. The molecule has 1 aliphatic rings. The number of hydrogen-bond donors (Lipinski definition) is 1. The van der Waals surface area contributed by atoms with Gasteiger partial charge in [0.25, 0.3) is 0 Å². The number of para-hydroxylation sites is 1. The van der Waals surface area contributed by atoms with Crippen molar-refractivity contribution in [1.29, 1.82) is 0 Å². The molecule has 1 N–H and O–H groups in total. The van der Waals surface area contributed by atoms with E-state index in [9.17, 15) is 0 Å². The summed E-state index contributed by atoms with van der Waals surface area (Å²) in [5.41, 5.74) is 0. The van der Waals surface area contributed by atoms with Crippen LogP contribution in [0.4, 0.5) is 0 Å². The van der Waals surface area contributed by atoms with Crippen molar-refractivity contribution in [1.82, 2.24) is 20.1 Å². The standard InChI is InChI=1S/C13H15ClN4O.ClH/c14-10-3-1-2-4-11(10)19-9-13-17-16-12-5-6-15-7-8-18(12)13;/h1-4,15H,5-9H2;1H. The number of nitrogens with one attached hydrogen (secondary N) is 1. The van der Waals surface area contributed by atoms with Crippen LogP contribution in [0.1, 0.15) is 11.6 Å². The molecule has 0 radical (unpaired) electrons. The van der Waals surface area contributed by atoms with Crippen LogP contribution in [0.5, 0.6) is 5.75 Å². The van der Waals surface area contributed by atoms with Crippen LogP contribution in [0.15, 0.2) is 24.3 Å². The monoisotopic (exact) mass is 314 g/mol. The minimum atomic E-state index is 0. The van der Waals surface area contributed by atoms with Crippen molar-refractivity contribution in [3.05, 3.63) is 40.9 Å². The van der Waals surface area contributed by atoms with E-state index in [4.69, 9.17) is 16.3 Å². The molecule has 7 heteroatoms. The van der Waals surface area contributed by atoms with Gasteiger partial charge in [-0.25, -0.2) is 0 Å². The first kappa shape index (κ1) is 15.1. The highest BCUT2D eigenvalue weighted by molar-refractivity contribution is 6.32. The van der Waals surface area contributed by atoms with Crippen molar-refractivity contribution in [3.8, 4) is 5.75 Å². The average Bonchev–Trinajstić information content (AvgIpc) is 2.66. The van der Waals surface area contributed by atoms with Gasteiger partial charge in [0, 0.05) is 26.1 Å². The number of halogens is 2. The minimum absolute atomic E-state index is 0. The molecule has 0 fully saturated rings. The zero-order chi connectivity index (χ0) is 13.1. The summed E-state index contributed by atoms with van der Waals surface area (Å²) in [5.74, 6) is 2.54. The third kappa shape index (κ3) is 3.23. The lowest BCUT2D eigenvalue weighted by Gasteiger charge is -2.09. The van der Waals surface area contributed by atoms with Gasteiger partial charge in [-0.3, -0.25) is 0 Å². The number of hydrogen-bond acceptors (Lipinski definition) is 4. The number of aromatic nitrogens is 3. The van der Waals surface area contributed by atoms with Crippen LogP contribution in [0.25, 0.3) is 0 Å². The molecule has 3 rings (SSSR count). The molecular weight excluding hydrogens is 299 g/mol. The van der Waals surface area contributed by atoms with E-state index in [0.717, 1.165) is 37.7 Å². The van der Waals surface area contributed by atoms with Crippen molar-refractivity contribution < 1.29 is 4.74 Å². The lowest BCUT2D eigenvalue weighted by molar-refractivity contribution is 0.289. The Hall–Kier alpha value is -1.30. The molecule has 0 saturated carbocycles. The van der Waals surface area contributed by atoms with Crippen LogP contribution >= 0.6 is 24.0 Å². The van der Waals surface area contributed by atoms with Crippen LogP contribution < -0.4 is 10.1 Å². The van der Waals surface area contributed by atoms with Crippen LogP contribution in [0.3, 0.4) is 0 Å². The zero-order valence-electron chi connectivity index (χ0n) is 10.9. The summed E-state index contributed by atoms with van der Waals surface area (Å²) in [6, 6.07) is 7.44. The lowest BCUT2D eigenvalue weighted by atomic mass is 10.3.